The highest BCUT2D eigenvalue weighted by molar-refractivity contribution is 7.92. The molecule has 0 unspecified atom stereocenters. The van der Waals surface area contributed by atoms with Crippen LogP contribution in [0.25, 0.3) is 0 Å². The number of benzene rings is 3. The number of para-hydroxylation sites is 1. The van der Waals surface area contributed by atoms with Crippen LogP contribution < -0.4 is 14.9 Å². The Morgan fingerprint density at radius 1 is 0.969 bits per heavy atom. The van der Waals surface area contributed by atoms with Crippen molar-refractivity contribution in [1.29, 1.82) is 0 Å². The van der Waals surface area contributed by atoms with Gasteiger partial charge in [0.1, 0.15) is 0 Å². The van der Waals surface area contributed by atoms with E-state index in [-0.39, 0.29) is 27.1 Å². The molecular formula is C23H20ClN3O4S. The van der Waals surface area contributed by atoms with Crippen LogP contribution in [0.2, 0.25) is 5.02 Å². The first-order chi connectivity index (χ1) is 15.3. The lowest BCUT2D eigenvalue weighted by molar-refractivity contribution is -0.117. The number of hydrogen-bond donors (Lipinski definition) is 2. The van der Waals surface area contributed by atoms with Crippen LogP contribution in [0.5, 0.6) is 0 Å². The zero-order chi connectivity index (χ0) is 22.7. The molecule has 4 rings (SSSR count). The fraction of sp³-hybridized carbons (Fsp3) is 0.130. The summed E-state index contributed by atoms with van der Waals surface area (Å²) in [6, 6.07) is 19.2. The lowest BCUT2D eigenvalue weighted by atomic mass is 10.2. The van der Waals surface area contributed by atoms with E-state index in [1.165, 1.54) is 24.3 Å². The molecule has 0 aliphatic carbocycles. The number of amides is 2. The molecular weight excluding hydrogens is 450 g/mol. The Morgan fingerprint density at radius 3 is 2.41 bits per heavy atom. The fourth-order valence-corrected chi connectivity index (χ4v) is 4.77. The molecule has 0 aromatic heterocycles. The number of rotatable bonds is 6. The molecule has 0 radical (unpaired) electrons. The summed E-state index contributed by atoms with van der Waals surface area (Å²) in [5.74, 6) is -0.366. The third kappa shape index (κ3) is 4.76. The van der Waals surface area contributed by atoms with Crippen LogP contribution in [0.3, 0.4) is 0 Å². The highest BCUT2D eigenvalue weighted by Crippen LogP contribution is 2.25. The molecule has 9 heteroatoms. The number of hydrogen-bond acceptors (Lipinski definition) is 4. The van der Waals surface area contributed by atoms with Crippen molar-refractivity contribution >= 4 is 50.5 Å². The summed E-state index contributed by atoms with van der Waals surface area (Å²) in [7, 11) is -3.94. The van der Waals surface area contributed by atoms with Crippen LogP contribution in [0.15, 0.2) is 77.7 Å². The minimum Gasteiger partial charge on any atom is -0.322 e. The topological polar surface area (TPSA) is 95.6 Å². The van der Waals surface area contributed by atoms with Gasteiger partial charge < -0.3 is 10.2 Å². The molecule has 3 aromatic rings. The van der Waals surface area contributed by atoms with Crippen molar-refractivity contribution in [2.45, 2.75) is 17.7 Å². The molecule has 1 fully saturated rings. The van der Waals surface area contributed by atoms with E-state index < -0.39 is 15.9 Å². The molecule has 3 aromatic carbocycles. The predicted octanol–water partition coefficient (Wildman–Crippen LogP) is 4.52. The van der Waals surface area contributed by atoms with E-state index in [1.807, 2.05) is 0 Å². The summed E-state index contributed by atoms with van der Waals surface area (Å²) in [5, 5.41) is 3.01. The van der Waals surface area contributed by atoms with E-state index in [9.17, 15) is 18.0 Å². The molecule has 2 amide bonds. The average Bonchev–Trinajstić information content (AvgIpc) is 3.22. The number of anilines is 3. The van der Waals surface area contributed by atoms with E-state index in [4.69, 9.17) is 11.6 Å². The van der Waals surface area contributed by atoms with Crippen molar-refractivity contribution in [1.82, 2.24) is 0 Å². The number of halogens is 1. The largest absolute Gasteiger partial charge is 0.322 e. The van der Waals surface area contributed by atoms with E-state index in [0.717, 1.165) is 12.1 Å². The SMILES string of the molecule is O=C(Nc1ccc(N2CCCC2=O)cc1)c1cccc(S(=O)(=O)Nc2ccccc2Cl)c1. The van der Waals surface area contributed by atoms with Crippen LogP contribution in [0, 0.1) is 0 Å². The number of carbonyl (C=O) groups is 2. The minimum absolute atomic E-state index is 0.0621. The molecule has 2 N–H and O–H groups in total. The first-order valence-electron chi connectivity index (χ1n) is 9.93. The van der Waals surface area contributed by atoms with E-state index in [0.29, 0.717) is 18.7 Å². The van der Waals surface area contributed by atoms with Gasteiger partial charge in [0, 0.05) is 29.9 Å². The summed E-state index contributed by atoms with van der Waals surface area (Å²) in [5.41, 5.74) is 1.75. The Bertz CT molecular complexity index is 1280. The zero-order valence-corrected chi connectivity index (χ0v) is 18.5. The molecule has 0 atom stereocenters. The predicted molar refractivity (Wildman–Crippen MR) is 125 cm³/mol. The molecule has 1 saturated heterocycles. The average molecular weight is 470 g/mol. The highest BCUT2D eigenvalue weighted by atomic mass is 35.5. The van der Waals surface area contributed by atoms with Gasteiger partial charge in [0.25, 0.3) is 15.9 Å². The molecule has 0 bridgehead atoms. The first kappa shape index (κ1) is 21.9. The van der Waals surface area contributed by atoms with Gasteiger partial charge in [0.15, 0.2) is 0 Å². The Labute approximate surface area is 191 Å². The third-order valence-electron chi connectivity index (χ3n) is 5.03. The zero-order valence-electron chi connectivity index (χ0n) is 16.9. The minimum atomic E-state index is -3.94. The van der Waals surface area contributed by atoms with Gasteiger partial charge in [0.05, 0.1) is 15.6 Å². The number of nitrogens with zero attached hydrogens (tertiary/aromatic N) is 1. The first-order valence-corrected chi connectivity index (χ1v) is 11.8. The maximum Gasteiger partial charge on any atom is 0.261 e. The van der Waals surface area contributed by atoms with Crippen LogP contribution in [-0.4, -0.2) is 26.8 Å². The van der Waals surface area contributed by atoms with Crippen molar-refractivity contribution in [3.8, 4) is 0 Å². The molecule has 1 heterocycles. The van der Waals surface area contributed by atoms with Crippen LogP contribution in [-0.2, 0) is 14.8 Å². The van der Waals surface area contributed by atoms with E-state index >= 15 is 0 Å². The molecule has 1 aliphatic rings. The molecule has 0 saturated carbocycles. The number of nitrogens with one attached hydrogen (secondary N) is 2. The Balaban J connectivity index is 1.48. The van der Waals surface area contributed by atoms with Gasteiger partial charge >= 0.3 is 0 Å². The van der Waals surface area contributed by atoms with Crippen LogP contribution in [0.1, 0.15) is 23.2 Å². The summed E-state index contributed by atoms with van der Waals surface area (Å²) in [6.45, 7) is 0.689. The van der Waals surface area contributed by atoms with Crippen molar-refractivity contribution in [2.24, 2.45) is 0 Å². The van der Waals surface area contributed by atoms with Crippen molar-refractivity contribution in [2.75, 3.05) is 21.5 Å². The standard InChI is InChI=1S/C23H20ClN3O4S/c24-20-7-1-2-8-21(20)26-32(30,31)19-6-3-5-16(15-19)23(29)25-17-10-12-18(13-11-17)27-14-4-9-22(27)28/h1-3,5-8,10-13,15,26H,4,9,14H2,(H,25,29). The quantitative estimate of drug-likeness (QED) is 0.554. The maximum absolute atomic E-state index is 12.7. The lowest BCUT2D eigenvalue weighted by Crippen LogP contribution is -2.23. The fourth-order valence-electron chi connectivity index (χ4n) is 3.40. The van der Waals surface area contributed by atoms with Crippen molar-refractivity contribution in [3.63, 3.8) is 0 Å². The summed E-state index contributed by atoms with van der Waals surface area (Å²) in [6.07, 6.45) is 1.38. The van der Waals surface area contributed by atoms with Gasteiger partial charge in [-0.05, 0) is 61.0 Å². The van der Waals surface area contributed by atoms with Gasteiger partial charge in [-0.2, -0.15) is 0 Å². The summed E-state index contributed by atoms with van der Waals surface area (Å²) in [4.78, 5) is 26.2. The van der Waals surface area contributed by atoms with Crippen LogP contribution >= 0.6 is 11.6 Å². The number of sulfonamides is 1. The second-order valence-electron chi connectivity index (χ2n) is 7.26. The summed E-state index contributed by atoms with van der Waals surface area (Å²) >= 11 is 6.04. The van der Waals surface area contributed by atoms with Crippen LogP contribution in [0.4, 0.5) is 17.1 Å². The third-order valence-corrected chi connectivity index (χ3v) is 6.73. The normalized spacial score (nSPS) is 13.8. The van der Waals surface area contributed by atoms with Gasteiger partial charge in [-0.1, -0.05) is 29.8 Å². The van der Waals surface area contributed by atoms with Gasteiger partial charge in [-0.15, -0.1) is 0 Å². The smallest absolute Gasteiger partial charge is 0.261 e. The summed E-state index contributed by atoms with van der Waals surface area (Å²) < 4.78 is 27.9. The second kappa shape index (κ2) is 9.02. The van der Waals surface area contributed by atoms with E-state index in [2.05, 4.69) is 10.0 Å². The van der Waals surface area contributed by atoms with Crippen molar-refractivity contribution in [3.05, 3.63) is 83.4 Å². The number of carbonyl (C=O) groups excluding carboxylic acids is 2. The second-order valence-corrected chi connectivity index (χ2v) is 9.35. The molecule has 0 spiro atoms. The molecule has 1 aliphatic heterocycles. The Kier molecular flexibility index (Phi) is 6.16. The monoisotopic (exact) mass is 469 g/mol. The Hall–Kier alpha value is -3.36. The Morgan fingerprint density at radius 2 is 1.72 bits per heavy atom. The maximum atomic E-state index is 12.7. The molecule has 7 nitrogen and oxygen atoms in total. The van der Waals surface area contributed by atoms with Gasteiger partial charge in [-0.25, -0.2) is 8.42 Å². The highest BCUT2D eigenvalue weighted by Gasteiger charge is 2.22. The van der Waals surface area contributed by atoms with Gasteiger partial charge in [-0.3, -0.25) is 14.3 Å². The van der Waals surface area contributed by atoms with E-state index in [1.54, 1.807) is 53.4 Å². The lowest BCUT2D eigenvalue weighted by Gasteiger charge is -2.16. The van der Waals surface area contributed by atoms with Gasteiger partial charge in [0.2, 0.25) is 5.91 Å². The molecule has 164 valence electrons. The van der Waals surface area contributed by atoms with Crippen molar-refractivity contribution < 1.29 is 18.0 Å². The molecule has 32 heavy (non-hydrogen) atoms.